The minimum atomic E-state index is -0.366. The molecule has 0 fully saturated rings. The molecule has 0 spiro atoms. The summed E-state index contributed by atoms with van der Waals surface area (Å²) in [6.07, 6.45) is 14.3. The number of allylic oxidation sites excluding steroid dienone is 5. The first-order valence-corrected chi connectivity index (χ1v) is 20.4. The van der Waals surface area contributed by atoms with E-state index >= 15 is 0 Å². The number of fused-ring (bicyclic) bond motifs is 9. The number of hydrogen-bond acceptors (Lipinski definition) is 2. The highest BCUT2D eigenvalue weighted by molar-refractivity contribution is 7.25. The predicted octanol–water partition coefficient (Wildman–Crippen LogP) is 13.6. The number of nitrogens with zero attached hydrogens (tertiary/aromatic N) is 2. The number of rotatable bonds is 6. The van der Waals surface area contributed by atoms with E-state index in [1.807, 2.05) is 24.3 Å². The Morgan fingerprint density at radius 1 is 0.614 bits per heavy atom. The third kappa shape index (κ3) is 5.25. The van der Waals surface area contributed by atoms with Crippen molar-refractivity contribution in [2.75, 3.05) is 0 Å². The van der Waals surface area contributed by atoms with E-state index < -0.39 is 0 Å². The smallest absolute Gasteiger partial charge is 0.152 e. The van der Waals surface area contributed by atoms with Crippen LogP contribution < -0.4 is 0 Å². The Bertz CT molecular complexity index is 3140. The first kappa shape index (κ1) is 33.5. The fourth-order valence-corrected chi connectivity index (χ4v) is 10.7. The number of nitrogens with one attached hydrogen (secondary N) is 1. The molecule has 1 unspecified atom stereocenters. The third-order valence-electron chi connectivity index (χ3n) is 12.0. The number of benzene rings is 7. The van der Waals surface area contributed by atoms with Crippen molar-refractivity contribution in [1.82, 2.24) is 4.57 Å². The molecule has 7 aromatic carbocycles. The second-order valence-electron chi connectivity index (χ2n) is 15.0. The van der Waals surface area contributed by atoms with Crippen LogP contribution in [-0.2, 0) is 5.41 Å². The van der Waals surface area contributed by atoms with Crippen LogP contribution in [0.15, 0.2) is 199 Å². The van der Waals surface area contributed by atoms with E-state index in [9.17, 15) is 5.41 Å². The third-order valence-corrected chi connectivity index (χ3v) is 13.2. The highest BCUT2D eigenvalue weighted by atomic mass is 32.1. The molecule has 9 aromatic rings. The normalized spacial score (nSPS) is 15.9. The average Bonchev–Trinajstić information content (AvgIpc) is 3.91. The van der Waals surface area contributed by atoms with Crippen LogP contribution in [0.2, 0.25) is 0 Å². The molecule has 2 aliphatic carbocycles. The van der Waals surface area contributed by atoms with Crippen molar-refractivity contribution in [1.29, 1.82) is 5.41 Å². The summed E-state index contributed by atoms with van der Waals surface area (Å²) >= 11 is 1.76. The minimum absolute atomic E-state index is 0.234. The summed E-state index contributed by atoms with van der Waals surface area (Å²) in [5.74, 6) is 0.477. The average molecular weight is 748 g/mol. The van der Waals surface area contributed by atoms with Crippen LogP contribution in [0.4, 0.5) is 0 Å². The fourth-order valence-electron chi connectivity index (χ4n) is 9.51. The molecule has 270 valence electrons. The number of amidine groups is 1. The maximum absolute atomic E-state index is 9.26. The minimum Gasteiger partial charge on any atom is -0.316 e. The standard InChI is InChI=1S/C53H37N3S/c54-52(36-27-29-44-43-22-10-14-26-50(43)57-51(44)33-36)55-47(35-15-3-1-4-16-35)31-32-56-48-25-13-9-21-41(48)42-30-28-38(34-49(42)56)53(37-17-5-2-6-18-37)45-23-11-7-19-39(45)40-20-8-12-24-46(40)53/h1-17,19-34,37,54H,18H2/b32-31+,54-52?,55-47?. The van der Waals surface area contributed by atoms with Gasteiger partial charge in [0.05, 0.1) is 22.2 Å². The van der Waals surface area contributed by atoms with Gasteiger partial charge >= 0.3 is 0 Å². The van der Waals surface area contributed by atoms with Crippen LogP contribution in [0.5, 0.6) is 0 Å². The van der Waals surface area contributed by atoms with Gasteiger partial charge in [0.2, 0.25) is 0 Å². The van der Waals surface area contributed by atoms with Crippen LogP contribution in [0.25, 0.3) is 59.3 Å². The molecule has 57 heavy (non-hydrogen) atoms. The lowest BCUT2D eigenvalue weighted by Gasteiger charge is -2.39. The van der Waals surface area contributed by atoms with Crippen LogP contribution in [0.3, 0.4) is 0 Å². The van der Waals surface area contributed by atoms with Crippen LogP contribution in [0, 0.1) is 11.3 Å². The molecule has 3 nitrogen and oxygen atoms in total. The van der Waals surface area contributed by atoms with Crippen molar-refractivity contribution in [2.45, 2.75) is 11.8 Å². The van der Waals surface area contributed by atoms with E-state index in [0.717, 1.165) is 39.0 Å². The Labute approximate surface area is 335 Å². The molecule has 0 radical (unpaired) electrons. The Morgan fingerprint density at radius 3 is 2.07 bits per heavy atom. The second-order valence-corrected chi connectivity index (χ2v) is 16.1. The van der Waals surface area contributed by atoms with E-state index in [1.54, 1.807) is 11.3 Å². The van der Waals surface area contributed by atoms with Gasteiger partial charge in [-0.15, -0.1) is 11.3 Å². The molecule has 0 saturated heterocycles. The first-order chi connectivity index (χ1) is 28.2. The number of hydrogen-bond donors (Lipinski definition) is 1. The number of aromatic nitrogens is 1. The lowest BCUT2D eigenvalue weighted by molar-refractivity contribution is 0.458. The Morgan fingerprint density at radius 2 is 1.28 bits per heavy atom. The van der Waals surface area contributed by atoms with Gasteiger partial charge in [0.25, 0.3) is 0 Å². The highest BCUT2D eigenvalue weighted by Gasteiger charge is 2.49. The summed E-state index contributed by atoms with van der Waals surface area (Å²) < 4.78 is 4.73. The molecule has 2 aliphatic rings. The quantitative estimate of drug-likeness (QED) is 0.130. The summed E-state index contributed by atoms with van der Waals surface area (Å²) in [6.45, 7) is 0. The second kappa shape index (κ2) is 13.4. The van der Waals surface area contributed by atoms with E-state index in [0.29, 0.717) is 0 Å². The van der Waals surface area contributed by atoms with Crippen molar-refractivity contribution in [3.05, 3.63) is 222 Å². The lowest BCUT2D eigenvalue weighted by atomic mass is 9.62. The zero-order valence-electron chi connectivity index (χ0n) is 31.1. The zero-order chi connectivity index (χ0) is 37.9. The van der Waals surface area contributed by atoms with Gasteiger partial charge in [0.15, 0.2) is 5.84 Å². The topological polar surface area (TPSA) is 41.1 Å². The van der Waals surface area contributed by atoms with Crippen LogP contribution >= 0.6 is 11.3 Å². The Balaban J connectivity index is 1.08. The molecule has 11 rings (SSSR count). The zero-order valence-corrected chi connectivity index (χ0v) is 32.0. The summed E-state index contributed by atoms with van der Waals surface area (Å²) in [5, 5.41) is 14.1. The molecule has 0 aliphatic heterocycles. The summed E-state index contributed by atoms with van der Waals surface area (Å²) in [7, 11) is 0. The number of para-hydroxylation sites is 1. The molecular weight excluding hydrogens is 711 g/mol. The van der Waals surface area contributed by atoms with Gasteiger partial charge in [-0.3, -0.25) is 5.41 Å². The van der Waals surface area contributed by atoms with Crippen LogP contribution in [0.1, 0.15) is 34.2 Å². The van der Waals surface area contributed by atoms with Crippen molar-refractivity contribution >= 4 is 71.1 Å². The molecule has 2 heterocycles. The number of aliphatic imine (C=N–C) groups is 1. The van der Waals surface area contributed by atoms with Crippen molar-refractivity contribution < 1.29 is 0 Å². The van der Waals surface area contributed by atoms with Gasteiger partial charge in [-0.05, 0) is 70.5 Å². The molecule has 1 N–H and O–H groups in total. The van der Waals surface area contributed by atoms with E-state index in [1.165, 1.54) is 54.1 Å². The Hall–Kier alpha value is -6.88. The van der Waals surface area contributed by atoms with Gasteiger partial charge in [0, 0.05) is 48.3 Å². The lowest BCUT2D eigenvalue weighted by Crippen LogP contribution is -2.35. The molecule has 4 heteroatoms. The Kier molecular flexibility index (Phi) is 7.87. The molecule has 2 aromatic heterocycles. The number of thiophene rings is 1. The van der Waals surface area contributed by atoms with Crippen LogP contribution in [-0.4, -0.2) is 16.1 Å². The van der Waals surface area contributed by atoms with Crippen molar-refractivity contribution in [3.63, 3.8) is 0 Å². The summed E-state index contributed by atoms with van der Waals surface area (Å²) in [6, 6.07) is 58.8. The monoisotopic (exact) mass is 747 g/mol. The SMILES string of the molecule is N=C(N=C(/C=C/n1c2ccccc2c2ccc(C3(C4C=CC=CC4)c4ccccc4-c4ccccc43)cc21)c1ccccc1)c1ccc2c(c1)sc1ccccc12. The molecular formula is C53H37N3S. The highest BCUT2D eigenvalue weighted by Crippen LogP contribution is 2.58. The maximum Gasteiger partial charge on any atom is 0.152 e. The molecule has 0 amide bonds. The van der Waals surface area contributed by atoms with E-state index in [2.05, 4.69) is 181 Å². The summed E-state index contributed by atoms with van der Waals surface area (Å²) in [5.41, 5.74) is 11.0. The van der Waals surface area contributed by atoms with Gasteiger partial charge in [-0.25, -0.2) is 4.99 Å². The van der Waals surface area contributed by atoms with Gasteiger partial charge in [-0.1, -0.05) is 164 Å². The van der Waals surface area contributed by atoms with Crippen molar-refractivity contribution in [2.24, 2.45) is 10.9 Å². The van der Waals surface area contributed by atoms with Gasteiger partial charge in [0.1, 0.15) is 0 Å². The molecule has 0 bridgehead atoms. The predicted molar refractivity (Wildman–Crippen MR) is 242 cm³/mol. The summed E-state index contributed by atoms with van der Waals surface area (Å²) in [4.78, 5) is 5.03. The first-order valence-electron chi connectivity index (χ1n) is 19.6. The molecule has 0 saturated carbocycles. The van der Waals surface area contributed by atoms with Crippen molar-refractivity contribution in [3.8, 4) is 11.1 Å². The maximum atomic E-state index is 9.26. The molecule has 1 atom stereocenters. The van der Waals surface area contributed by atoms with E-state index in [-0.39, 0.29) is 17.2 Å². The van der Waals surface area contributed by atoms with Gasteiger partial charge < -0.3 is 4.57 Å². The van der Waals surface area contributed by atoms with Gasteiger partial charge in [-0.2, -0.15) is 0 Å². The largest absolute Gasteiger partial charge is 0.316 e. The van der Waals surface area contributed by atoms with E-state index in [4.69, 9.17) is 4.99 Å². The fraction of sp³-hybridized carbons (Fsp3) is 0.0566.